The average Bonchev–Trinajstić information content (AvgIpc) is 2.80. The first-order chi connectivity index (χ1) is 8.71. The van der Waals surface area contributed by atoms with Gasteiger partial charge in [0.2, 0.25) is 0 Å². The highest BCUT2D eigenvalue weighted by Gasteiger charge is 2.25. The van der Waals surface area contributed by atoms with Crippen molar-refractivity contribution in [3.63, 3.8) is 0 Å². The number of rotatable bonds is 3. The van der Waals surface area contributed by atoms with E-state index in [2.05, 4.69) is 15.2 Å². The van der Waals surface area contributed by atoms with Gasteiger partial charge < -0.3 is 0 Å². The summed E-state index contributed by atoms with van der Waals surface area (Å²) in [7, 11) is -3.90. The van der Waals surface area contributed by atoms with Gasteiger partial charge in [0, 0.05) is 6.04 Å². The molecule has 7 nitrogen and oxygen atoms in total. The first-order valence-corrected chi connectivity index (χ1v) is 8.00. The molecule has 0 aromatic carbocycles. The molecular formula is C10H15N5O2S2. The van der Waals surface area contributed by atoms with E-state index in [1.54, 1.807) is 0 Å². The standard InChI is InChI=1S/C10H15N5O2S2/c1-5(2)15-9(8-6(3)12-7(4)18-8)13-14-10(15)19(11,16)17/h5H,1-4H3,(H2,11,16,17). The van der Waals surface area contributed by atoms with Crippen LogP contribution in [0.4, 0.5) is 0 Å². The number of nitrogens with two attached hydrogens (primary N) is 1. The quantitative estimate of drug-likeness (QED) is 0.918. The van der Waals surface area contributed by atoms with E-state index in [0.717, 1.165) is 15.6 Å². The number of primary sulfonamides is 1. The average molecular weight is 301 g/mol. The molecule has 0 fully saturated rings. The number of nitrogens with zero attached hydrogens (tertiary/aromatic N) is 4. The monoisotopic (exact) mass is 301 g/mol. The van der Waals surface area contributed by atoms with Gasteiger partial charge in [0.25, 0.3) is 15.2 Å². The molecule has 0 aliphatic carbocycles. The van der Waals surface area contributed by atoms with Crippen molar-refractivity contribution in [2.24, 2.45) is 5.14 Å². The SMILES string of the molecule is Cc1nc(C)c(-c2nnc(S(N)(=O)=O)n2C(C)C)s1. The van der Waals surface area contributed by atoms with Gasteiger partial charge in [0.1, 0.15) is 0 Å². The van der Waals surface area contributed by atoms with E-state index in [9.17, 15) is 8.42 Å². The number of sulfonamides is 1. The van der Waals surface area contributed by atoms with Crippen LogP contribution in [0.3, 0.4) is 0 Å². The van der Waals surface area contributed by atoms with Crippen molar-refractivity contribution >= 4 is 21.4 Å². The second-order valence-electron chi connectivity index (χ2n) is 4.46. The number of hydrogen-bond acceptors (Lipinski definition) is 6. The molecule has 2 N–H and O–H groups in total. The Morgan fingerprint density at radius 2 is 1.89 bits per heavy atom. The van der Waals surface area contributed by atoms with Crippen molar-refractivity contribution < 1.29 is 8.42 Å². The summed E-state index contributed by atoms with van der Waals surface area (Å²) < 4.78 is 24.6. The second kappa shape index (κ2) is 4.66. The Kier molecular flexibility index (Phi) is 3.45. The zero-order chi connectivity index (χ0) is 14.4. The van der Waals surface area contributed by atoms with Gasteiger partial charge in [-0.05, 0) is 27.7 Å². The Balaban J connectivity index is 2.73. The summed E-state index contributed by atoms with van der Waals surface area (Å²) in [6, 6.07) is -0.125. The minimum atomic E-state index is -3.90. The third kappa shape index (κ3) is 2.53. The molecule has 0 amide bonds. The van der Waals surface area contributed by atoms with Crippen molar-refractivity contribution in [2.75, 3.05) is 0 Å². The summed E-state index contributed by atoms with van der Waals surface area (Å²) >= 11 is 1.45. The minimum absolute atomic E-state index is 0.125. The molecular weight excluding hydrogens is 286 g/mol. The lowest BCUT2D eigenvalue weighted by molar-refractivity contribution is 0.525. The lowest BCUT2D eigenvalue weighted by Crippen LogP contribution is -2.20. The number of thiazole rings is 1. The summed E-state index contributed by atoms with van der Waals surface area (Å²) in [6.07, 6.45) is 0. The van der Waals surface area contributed by atoms with E-state index in [4.69, 9.17) is 5.14 Å². The smallest absolute Gasteiger partial charge is 0.273 e. The maximum atomic E-state index is 11.5. The Morgan fingerprint density at radius 1 is 1.26 bits per heavy atom. The Labute approximate surface area is 115 Å². The first-order valence-electron chi connectivity index (χ1n) is 5.64. The maximum Gasteiger partial charge on any atom is 0.273 e. The van der Waals surface area contributed by atoms with Crippen molar-refractivity contribution in [3.05, 3.63) is 10.7 Å². The van der Waals surface area contributed by atoms with E-state index >= 15 is 0 Å². The maximum absolute atomic E-state index is 11.5. The van der Waals surface area contributed by atoms with Crippen LogP contribution in [0, 0.1) is 13.8 Å². The lowest BCUT2D eigenvalue weighted by atomic mass is 10.3. The van der Waals surface area contributed by atoms with E-state index in [-0.39, 0.29) is 11.2 Å². The van der Waals surface area contributed by atoms with Crippen molar-refractivity contribution in [3.8, 4) is 10.7 Å². The number of aryl methyl sites for hydroxylation is 2. The van der Waals surface area contributed by atoms with E-state index in [0.29, 0.717) is 5.82 Å². The number of aromatic nitrogens is 4. The molecule has 104 valence electrons. The fourth-order valence-corrected chi connectivity index (χ4v) is 3.46. The van der Waals surface area contributed by atoms with E-state index < -0.39 is 10.0 Å². The summed E-state index contributed by atoms with van der Waals surface area (Å²) in [4.78, 5) is 5.13. The lowest BCUT2D eigenvalue weighted by Gasteiger charge is -2.12. The summed E-state index contributed by atoms with van der Waals surface area (Å²) in [5, 5.41) is 13.5. The molecule has 0 bridgehead atoms. The second-order valence-corrected chi connectivity index (χ2v) is 7.12. The topological polar surface area (TPSA) is 104 Å². The normalized spacial score (nSPS) is 12.3. The zero-order valence-electron chi connectivity index (χ0n) is 11.1. The minimum Gasteiger partial charge on any atom is -0.293 e. The highest BCUT2D eigenvalue weighted by molar-refractivity contribution is 7.89. The van der Waals surface area contributed by atoms with E-state index in [1.165, 1.54) is 15.9 Å². The van der Waals surface area contributed by atoms with Crippen LogP contribution in [0.1, 0.15) is 30.6 Å². The molecule has 0 aliphatic rings. The van der Waals surface area contributed by atoms with Gasteiger partial charge >= 0.3 is 0 Å². The molecule has 2 rings (SSSR count). The van der Waals surface area contributed by atoms with Gasteiger partial charge in [-0.1, -0.05) is 0 Å². The summed E-state index contributed by atoms with van der Waals surface area (Å²) in [5.74, 6) is 0.488. The largest absolute Gasteiger partial charge is 0.293 e. The Bertz CT molecular complexity index is 714. The van der Waals surface area contributed by atoms with Crippen LogP contribution in [0.5, 0.6) is 0 Å². The number of hydrogen-bond donors (Lipinski definition) is 1. The first kappa shape index (κ1) is 14.1. The third-order valence-corrected chi connectivity index (χ3v) is 4.40. The molecule has 0 aliphatic heterocycles. The fourth-order valence-electron chi connectivity index (χ4n) is 1.83. The fraction of sp³-hybridized carbons (Fsp3) is 0.500. The molecule has 0 saturated carbocycles. The highest BCUT2D eigenvalue weighted by Crippen LogP contribution is 2.31. The van der Waals surface area contributed by atoms with Gasteiger partial charge in [0.15, 0.2) is 5.82 Å². The molecule has 2 heterocycles. The molecule has 19 heavy (non-hydrogen) atoms. The molecule has 0 spiro atoms. The summed E-state index contributed by atoms with van der Waals surface area (Å²) in [6.45, 7) is 7.45. The highest BCUT2D eigenvalue weighted by atomic mass is 32.2. The third-order valence-electron chi connectivity index (χ3n) is 2.54. The predicted octanol–water partition coefficient (Wildman–Crippen LogP) is 1.25. The van der Waals surface area contributed by atoms with Crippen LogP contribution in [0.2, 0.25) is 0 Å². The van der Waals surface area contributed by atoms with Gasteiger partial charge in [-0.3, -0.25) is 4.57 Å². The van der Waals surface area contributed by atoms with Crippen molar-refractivity contribution in [2.45, 2.75) is 38.9 Å². The van der Waals surface area contributed by atoms with Crippen LogP contribution in [0.25, 0.3) is 10.7 Å². The van der Waals surface area contributed by atoms with Crippen LogP contribution in [0.15, 0.2) is 5.16 Å². The van der Waals surface area contributed by atoms with Crippen LogP contribution >= 0.6 is 11.3 Å². The van der Waals surface area contributed by atoms with Gasteiger partial charge in [-0.2, -0.15) is 0 Å². The Hall–Kier alpha value is -1.32. The van der Waals surface area contributed by atoms with Crippen LogP contribution < -0.4 is 5.14 Å². The van der Waals surface area contributed by atoms with Gasteiger partial charge in [-0.25, -0.2) is 18.5 Å². The summed E-state index contributed by atoms with van der Waals surface area (Å²) in [5.41, 5.74) is 0.803. The molecule has 0 radical (unpaired) electrons. The van der Waals surface area contributed by atoms with Crippen molar-refractivity contribution in [1.82, 2.24) is 19.7 Å². The molecule has 0 atom stereocenters. The van der Waals surface area contributed by atoms with Crippen LogP contribution in [-0.4, -0.2) is 28.2 Å². The van der Waals surface area contributed by atoms with Crippen molar-refractivity contribution in [1.29, 1.82) is 0 Å². The predicted molar refractivity (Wildman–Crippen MR) is 72.4 cm³/mol. The zero-order valence-corrected chi connectivity index (χ0v) is 12.7. The van der Waals surface area contributed by atoms with Gasteiger partial charge in [-0.15, -0.1) is 21.5 Å². The van der Waals surface area contributed by atoms with Crippen LogP contribution in [-0.2, 0) is 10.0 Å². The Morgan fingerprint density at radius 3 is 2.32 bits per heavy atom. The molecule has 9 heteroatoms. The molecule has 2 aromatic heterocycles. The van der Waals surface area contributed by atoms with Gasteiger partial charge in [0.05, 0.1) is 15.6 Å². The molecule has 0 unspecified atom stereocenters. The molecule has 0 saturated heterocycles. The molecule has 2 aromatic rings. The van der Waals surface area contributed by atoms with E-state index in [1.807, 2.05) is 27.7 Å².